The maximum Gasteiger partial charge on any atom is 0.0541 e. The van der Waals surface area contributed by atoms with Gasteiger partial charge < -0.3 is 4.57 Å². The zero-order chi connectivity index (χ0) is 15.8. The average Bonchev–Trinajstić information content (AvgIpc) is 2.94. The van der Waals surface area contributed by atoms with Gasteiger partial charge in [0.2, 0.25) is 0 Å². The molecule has 1 heteroatoms. The number of hydrogen-bond donors (Lipinski definition) is 0. The highest BCUT2D eigenvalue weighted by molar-refractivity contribution is 5.89. The van der Waals surface area contributed by atoms with Crippen LogP contribution in [0.5, 0.6) is 0 Å². The van der Waals surface area contributed by atoms with Gasteiger partial charge in [-0.3, -0.25) is 0 Å². The molecule has 0 N–H and O–H groups in total. The molecule has 23 heavy (non-hydrogen) atoms. The highest BCUT2D eigenvalue weighted by Crippen LogP contribution is 2.32. The van der Waals surface area contributed by atoms with Crippen LogP contribution < -0.4 is 0 Å². The van der Waals surface area contributed by atoms with E-state index in [0.717, 1.165) is 0 Å². The summed E-state index contributed by atoms with van der Waals surface area (Å²) in [5.74, 6) is 0. The molecule has 1 heterocycles. The summed E-state index contributed by atoms with van der Waals surface area (Å²) in [6.07, 6.45) is 0. The molecule has 0 aliphatic heterocycles. The van der Waals surface area contributed by atoms with Crippen LogP contribution >= 0.6 is 0 Å². The molecule has 112 valence electrons. The molecular weight excluding hydrogens is 278 g/mol. The molecule has 0 amide bonds. The number of nitrogens with zero attached hydrogens (tertiary/aromatic N) is 1. The third-order valence-electron chi connectivity index (χ3n) is 4.24. The van der Waals surface area contributed by atoms with E-state index >= 15 is 0 Å². The maximum absolute atomic E-state index is 2.35. The predicted molar refractivity (Wildman–Crippen MR) is 98.2 cm³/mol. The Balaban J connectivity index is 2.07. The van der Waals surface area contributed by atoms with Crippen molar-refractivity contribution in [3.05, 3.63) is 90.0 Å². The summed E-state index contributed by atoms with van der Waals surface area (Å²) in [5.41, 5.74) is 7.54. The largest absolute Gasteiger partial charge is 0.309 e. The molecule has 4 aromatic rings. The minimum Gasteiger partial charge on any atom is -0.309 e. The lowest BCUT2D eigenvalue weighted by Gasteiger charge is -2.12. The minimum atomic E-state index is 1.20. The zero-order valence-electron chi connectivity index (χ0n) is 13.5. The second-order valence-corrected chi connectivity index (χ2v) is 6.14. The minimum absolute atomic E-state index is 1.20. The molecule has 0 atom stereocenters. The molecular formula is C22H19N. The first-order valence-electron chi connectivity index (χ1n) is 7.97. The van der Waals surface area contributed by atoms with Gasteiger partial charge in [-0.1, -0.05) is 53.6 Å². The van der Waals surface area contributed by atoms with Gasteiger partial charge in [0.05, 0.1) is 11.2 Å². The molecule has 3 aromatic carbocycles. The van der Waals surface area contributed by atoms with Crippen LogP contribution in [0.15, 0.2) is 78.9 Å². The van der Waals surface area contributed by atoms with Crippen LogP contribution in [0.3, 0.4) is 0 Å². The van der Waals surface area contributed by atoms with Crippen molar-refractivity contribution in [1.82, 2.24) is 4.57 Å². The highest BCUT2D eigenvalue weighted by atomic mass is 15.0. The molecule has 0 aliphatic rings. The molecule has 0 aliphatic carbocycles. The average molecular weight is 297 g/mol. The topological polar surface area (TPSA) is 4.93 Å². The first-order chi connectivity index (χ1) is 11.2. The van der Waals surface area contributed by atoms with Crippen molar-refractivity contribution in [3.8, 4) is 16.9 Å². The second-order valence-electron chi connectivity index (χ2n) is 6.14. The molecule has 1 aromatic heterocycles. The molecule has 0 bridgehead atoms. The Hall–Kier alpha value is -2.80. The first kappa shape index (κ1) is 13.8. The van der Waals surface area contributed by atoms with Gasteiger partial charge in [-0.05, 0) is 55.8 Å². The van der Waals surface area contributed by atoms with Gasteiger partial charge in [-0.15, -0.1) is 0 Å². The summed E-state index contributed by atoms with van der Waals surface area (Å²) >= 11 is 0. The highest BCUT2D eigenvalue weighted by Gasteiger charge is 2.12. The summed E-state index contributed by atoms with van der Waals surface area (Å²) in [4.78, 5) is 0. The van der Waals surface area contributed by atoms with Crippen LogP contribution in [0.1, 0.15) is 11.1 Å². The van der Waals surface area contributed by atoms with Crippen molar-refractivity contribution >= 4 is 10.9 Å². The van der Waals surface area contributed by atoms with E-state index in [-0.39, 0.29) is 0 Å². The molecule has 0 spiro atoms. The van der Waals surface area contributed by atoms with E-state index < -0.39 is 0 Å². The van der Waals surface area contributed by atoms with Crippen molar-refractivity contribution in [2.75, 3.05) is 0 Å². The van der Waals surface area contributed by atoms with Crippen molar-refractivity contribution in [3.63, 3.8) is 0 Å². The number of aryl methyl sites for hydroxylation is 2. The van der Waals surface area contributed by atoms with E-state index in [9.17, 15) is 0 Å². The predicted octanol–water partition coefficient (Wildman–Crippen LogP) is 5.91. The Morgan fingerprint density at radius 3 is 2.04 bits per heavy atom. The second kappa shape index (κ2) is 5.44. The lowest BCUT2D eigenvalue weighted by molar-refractivity contribution is 1.13. The molecule has 0 saturated heterocycles. The van der Waals surface area contributed by atoms with Crippen LogP contribution in [0.4, 0.5) is 0 Å². The van der Waals surface area contributed by atoms with Crippen LogP contribution in [-0.4, -0.2) is 4.57 Å². The maximum atomic E-state index is 2.35. The van der Waals surface area contributed by atoms with E-state index in [1.165, 1.54) is 39.0 Å². The number of fused-ring (bicyclic) bond motifs is 1. The van der Waals surface area contributed by atoms with E-state index in [4.69, 9.17) is 0 Å². The molecule has 1 nitrogen and oxygen atoms in total. The van der Waals surface area contributed by atoms with Crippen LogP contribution in [-0.2, 0) is 0 Å². The van der Waals surface area contributed by atoms with Gasteiger partial charge in [0, 0.05) is 11.1 Å². The lowest BCUT2D eigenvalue weighted by Crippen LogP contribution is -1.96. The fourth-order valence-corrected chi connectivity index (χ4v) is 3.35. The molecule has 4 rings (SSSR count). The number of benzene rings is 3. The van der Waals surface area contributed by atoms with Crippen LogP contribution in [0.25, 0.3) is 27.8 Å². The van der Waals surface area contributed by atoms with E-state index in [2.05, 4.69) is 97.3 Å². The van der Waals surface area contributed by atoms with Crippen molar-refractivity contribution in [1.29, 1.82) is 0 Å². The third kappa shape index (κ3) is 2.44. The quantitative estimate of drug-likeness (QED) is 0.433. The summed E-state index contributed by atoms with van der Waals surface area (Å²) in [6, 6.07) is 28.2. The summed E-state index contributed by atoms with van der Waals surface area (Å²) in [7, 11) is 0. The van der Waals surface area contributed by atoms with Gasteiger partial charge in [-0.25, -0.2) is 0 Å². The molecule has 0 saturated carbocycles. The van der Waals surface area contributed by atoms with Crippen molar-refractivity contribution in [2.45, 2.75) is 13.8 Å². The van der Waals surface area contributed by atoms with Crippen molar-refractivity contribution < 1.29 is 0 Å². The fraction of sp³-hybridized carbons (Fsp3) is 0.0909. The van der Waals surface area contributed by atoms with Crippen LogP contribution in [0, 0.1) is 13.8 Å². The summed E-state index contributed by atoms with van der Waals surface area (Å²) in [5, 5.41) is 1.27. The Morgan fingerprint density at radius 2 is 1.30 bits per heavy atom. The zero-order valence-corrected chi connectivity index (χ0v) is 13.5. The molecule has 0 fully saturated rings. The number of para-hydroxylation sites is 2. The Bertz CT molecular complexity index is 957. The SMILES string of the molecule is Cc1cc(C)cc(-c2cc3ccccc3n2-c2ccccc2)c1. The Kier molecular flexibility index (Phi) is 3.27. The first-order valence-corrected chi connectivity index (χ1v) is 7.97. The van der Waals surface area contributed by atoms with Gasteiger partial charge in [0.25, 0.3) is 0 Å². The van der Waals surface area contributed by atoms with Crippen molar-refractivity contribution in [2.24, 2.45) is 0 Å². The van der Waals surface area contributed by atoms with E-state index in [1.54, 1.807) is 0 Å². The monoisotopic (exact) mass is 297 g/mol. The standard InChI is InChI=1S/C22H19N/c1-16-12-17(2)14-19(13-16)22-15-18-8-6-7-11-21(18)23(22)20-9-4-3-5-10-20/h3-15H,1-2H3. The van der Waals surface area contributed by atoms with Crippen LogP contribution in [0.2, 0.25) is 0 Å². The molecule has 0 unspecified atom stereocenters. The van der Waals surface area contributed by atoms with E-state index in [0.29, 0.717) is 0 Å². The fourth-order valence-electron chi connectivity index (χ4n) is 3.35. The van der Waals surface area contributed by atoms with Gasteiger partial charge in [0.1, 0.15) is 0 Å². The number of rotatable bonds is 2. The smallest absolute Gasteiger partial charge is 0.0541 e. The number of aromatic nitrogens is 1. The summed E-state index contributed by atoms with van der Waals surface area (Å²) < 4.78 is 2.35. The molecule has 0 radical (unpaired) electrons. The Morgan fingerprint density at radius 1 is 0.652 bits per heavy atom. The third-order valence-corrected chi connectivity index (χ3v) is 4.24. The lowest BCUT2D eigenvalue weighted by atomic mass is 10.0. The number of hydrogen-bond acceptors (Lipinski definition) is 0. The van der Waals surface area contributed by atoms with Gasteiger partial charge >= 0.3 is 0 Å². The Labute approximate surface area is 136 Å². The van der Waals surface area contributed by atoms with E-state index in [1.807, 2.05) is 0 Å². The van der Waals surface area contributed by atoms with Gasteiger partial charge in [-0.2, -0.15) is 0 Å². The normalized spacial score (nSPS) is 11.0. The van der Waals surface area contributed by atoms with Gasteiger partial charge in [0.15, 0.2) is 0 Å². The summed E-state index contributed by atoms with van der Waals surface area (Å²) in [6.45, 7) is 4.32.